The standard InChI is InChI=1S/C24H30O2.C18H23F3O2/c1-6-19-12-14-20(15-13-19)16-17-24(5,22(25)26-23(2,3)4)18-21-10-8-7-9-11-21;1-6-13-7-9-14(10-8-13)11-12-17(5,18(19,20)21)15(22)23-16(2,3)4/h6-15H,1,16-18H2,2-5H3;6-10H,1,11-12H2,2-5H3. The number of benzene rings is 3. The summed E-state index contributed by atoms with van der Waals surface area (Å²) in [5.74, 6) is -1.36. The lowest BCUT2D eigenvalue weighted by Gasteiger charge is -2.33. The van der Waals surface area contributed by atoms with Gasteiger partial charge < -0.3 is 9.47 Å². The van der Waals surface area contributed by atoms with E-state index in [2.05, 4.69) is 49.6 Å². The van der Waals surface area contributed by atoms with Gasteiger partial charge in [0.15, 0.2) is 5.41 Å². The third kappa shape index (κ3) is 13.4. The van der Waals surface area contributed by atoms with Gasteiger partial charge in [-0.25, -0.2) is 0 Å². The molecule has 3 aromatic carbocycles. The molecular weight excluding hydrogens is 625 g/mol. The lowest BCUT2D eigenvalue weighted by molar-refractivity contribution is -0.237. The first-order valence-electron chi connectivity index (χ1n) is 16.6. The number of carbonyl (C=O) groups excluding carboxylic acids is 2. The van der Waals surface area contributed by atoms with Crippen LogP contribution in [0.3, 0.4) is 0 Å². The van der Waals surface area contributed by atoms with Gasteiger partial charge in [0.05, 0.1) is 5.41 Å². The van der Waals surface area contributed by atoms with Crippen molar-refractivity contribution in [3.8, 4) is 0 Å². The van der Waals surface area contributed by atoms with E-state index in [0.29, 0.717) is 6.42 Å². The molecule has 3 aromatic rings. The largest absolute Gasteiger partial charge is 0.460 e. The van der Waals surface area contributed by atoms with Crippen LogP contribution in [0.2, 0.25) is 0 Å². The van der Waals surface area contributed by atoms with Crippen LogP contribution in [0.15, 0.2) is 92.0 Å². The van der Waals surface area contributed by atoms with Gasteiger partial charge in [-0.3, -0.25) is 9.59 Å². The molecule has 3 rings (SSSR count). The minimum absolute atomic E-state index is 0.128. The SMILES string of the molecule is C=Cc1ccc(CCC(C)(C(=O)OC(C)(C)C)C(F)(F)F)cc1.C=Cc1ccc(CCC(C)(Cc2ccccc2)C(=O)OC(C)(C)C)cc1. The second kappa shape index (κ2) is 17.0. The Labute approximate surface area is 291 Å². The highest BCUT2D eigenvalue weighted by Crippen LogP contribution is 2.43. The van der Waals surface area contributed by atoms with Gasteiger partial charge in [-0.1, -0.05) is 104 Å². The van der Waals surface area contributed by atoms with Crippen molar-refractivity contribution in [2.24, 2.45) is 10.8 Å². The van der Waals surface area contributed by atoms with E-state index in [0.717, 1.165) is 42.0 Å². The minimum atomic E-state index is -4.67. The van der Waals surface area contributed by atoms with E-state index in [1.807, 2.05) is 52.0 Å². The fraction of sp³-hybridized carbons (Fsp3) is 0.429. The molecule has 0 radical (unpaired) electrons. The molecule has 0 saturated carbocycles. The third-order valence-electron chi connectivity index (χ3n) is 8.11. The summed E-state index contributed by atoms with van der Waals surface area (Å²) < 4.78 is 51.0. The topological polar surface area (TPSA) is 52.6 Å². The van der Waals surface area contributed by atoms with Crippen molar-refractivity contribution in [1.82, 2.24) is 0 Å². The molecule has 7 heteroatoms. The molecule has 0 aliphatic rings. The molecule has 0 saturated heterocycles. The van der Waals surface area contributed by atoms with E-state index in [1.54, 1.807) is 51.1 Å². The van der Waals surface area contributed by atoms with E-state index < -0.39 is 34.2 Å². The van der Waals surface area contributed by atoms with Crippen LogP contribution < -0.4 is 0 Å². The quantitative estimate of drug-likeness (QED) is 0.179. The molecule has 0 heterocycles. The second-order valence-corrected chi connectivity index (χ2v) is 14.9. The fourth-order valence-electron chi connectivity index (χ4n) is 4.92. The first-order chi connectivity index (χ1) is 22.6. The summed E-state index contributed by atoms with van der Waals surface area (Å²) >= 11 is 0. The number of carbonyl (C=O) groups is 2. The van der Waals surface area contributed by atoms with Gasteiger partial charge in [0.25, 0.3) is 0 Å². The van der Waals surface area contributed by atoms with Gasteiger partial charge in [-0.2, -0.15) is 13.2 Å². The molecule has 0 fully saturated rings. The van der Waals surface area contributed by atoms with Gasteiger partial charge in [-0.15, -0.1) is 0 Å². The fourth-order valence-corrected chi connectivity index (χ4v) is 4.92. The number of esters is 2. The number of rotatable bonds is 12. The Morgan fingerprint density at radius 2 is 1.00 bits per heavy atom. The first kappa shape index (κ1) is 41.0. The minimum Gasteiger partial charge on any atom is -0.460 e. The zero-order chi connectivity index (χ0) is 37.1. The Morgan fingerprint density at radius 3 is 1.39 bits per heavy atom. The van der Waals surface area contributed by atoms with Crippen molar-refractivity contribution in [2.75, 3.05) is 0 Å². The van der Waals surface area contributed by atoms with E-state index >= 15 is 0 Å². The molecule has 2 atom stereocenters. The molecule has 0 aliphatic carbocycles. The summed E-state index contributed by atoms with van der Waals surface area (Å²) in [5.41, 5.74) is 0.558. The number of alkyl halides is 3. The summed E-state index contributed by atoms with van der Waals surface area (Å²) in [6.07, 6.45) is 0.841. The van der Waals surface area contributed by atoms with E-state index in [9.17, 15) is 22.8 Å². The Morgan fingerprint density at radius 1 is 0.592 bits per heavy atom. The van der Waals surface area contributed by atoms with Crippen molar-refractivity contribution >= 4 is 24.1 Å². The van der Waals surface area contributed by atoms with Gasteiger partial charge in [-0.05, 0) is 115 Å². The predicted octanol–water partition coefficient (Wildman–Crippen LogP) is 11.0. The highest BCUT2D eigenvalue weighted by Gasteiger charge is 2.58. The van der Waals surface area contributed by atoms with Gasteiger partial charge in [0, 0.05) is 0 Å². The van der Waals surface area contributed by atoms with Crippen molar-refractivity contribution in [1.29, 1.82) is 0 Å². The molecule has 4 nitrogen and oxygen atoms in total. The second-order valence-electron chi connectivity index (χ2n) is 14.9. The van der Waals surface area contributed by atoms with Crippen LogP contribution in [0, 0.1) is 10.8 Å². The Balaban J connectivity index is 0.000000343. The summed E-state index contributed by atoms with van der Waals surface area (Å²) in [6.45, 7) is 20.7. The molecule has 0 spiro atoms. The number of aryl methyl sites for hydroxylation is 2. The summed E-state index contributed by atoms with van der Waals surface area (Å²) in [7, 11) is 0. The first-order valence-corrected chi connectivity index (χ1v) is 16.6. The molecule has 266 valence electrons. The monoisotopic (exact) mass is 678 g/mol. The molecule has 2 unspecified atom stereocenters. The normalized spacial score (nSPS) is 14.3. The molecule has 0 amide bonds. The van der Waals surface area contributed by atoms with Gasteiger partial charge >= 0.3 is 18.1 Å². The zero-order valence-electron chi connectivity index (χ0n) is 30.4. The molecule has 49 heavy (non-hydrogen) atoms. The molecule has 0 N–H and O–H groups in total. The van der Waals surface area contributed by atoms with Gasteiger partial charge in [0.2, 0.25) is 0 Å². The Kier molecular flexibility index (Phi) is 14.2. The number of ether oxygens (including phenoxy) is 2. The van der Waals surface area contributed by atoms with Crippen LogP contribution in [0.4, 0.5) is 13.2 Å². The summed E-state index contributed by atoms with van der Waals surface area (Å²) in [6, 6.07) is 25.5. The molecule has 0 aromatic heterocycles. The van der Waals surface area contributed by atoms with E-state index in [-0.39, 0.29) is 18.8 Å². The summed E-state index contributed by atoms with van der Waals surface area (Å²) in [5, 5.41) is 0. The van der Waals surface area contributed by atoms with Crippen LogP contribution in [-0.2, 0) is 38.3 Å². The average Bonchev–Trinajstić information content (AvgIpc) is 3.01. The molecular formula is C42H53F3O4. The van der Waals surface area contributed by atoms with Crippen molar-refractivity contribution < 1.29 is 32.2 Å². The Bertz CT molecular complexity index is 1510. The highest BCUT2D eigenvalue weighted by molar-refractivity contribution is 5.78. The van der Waals surface area contributed by atoms with Crippen LogP contribution in [0.5, 0.6) is 0 Å². The van der Waals surface area contributed by atoms with Crippen LogP contribution in [-0.4, -0.2) is 29.3 Å². The maximum atomic E-state index is 13.4. The number of hydrogen-bond donors (Lipinski definition) is 0. The van der Waals surface area contributed by atoms with E-state index in [4.69, 9.17) is 9.47 Å². The maximum Gasteiger partial charge on any atom is 0.404 e. The van der Waals surface area contributed by atoms with Crippen molar-refractivity contribution in [3.05, 3.63) is 120 Å². The lowest BCUT2D eigenvalue weighted by Crippen LogP contribution is -2.46. The van der Waals surface area contributed by atoms with Crippen molar-refractivity contribution in [3.63, 3.8) is 0 Å². The highest BCUT2D eigenvalue weighted by atomic mass is 19.4. The Hall–Kier alpha value is -4.13. The lowest BCUT2D eigenvalue weighted by atomic mass is 9.78. The maximum absolute atomic E-state index is 13.4. The van der Waals surface area contributed by atoms with Crippen molar-refractivity contribution in [2.45, 2.75) is 105 Å². The number of hydrogen-bond acceptors (Lipinski definition) is 4. The van der Waals surface area contributed by atoms with E-state index in [1.165, 1.54) is 5.56 Å². The zero-order valence-corrected chi connectivity index (χ0v) is 30.4. The number of halogens is 3. The smallest absolute Gasteiger partial charge is 0.404 e. The van der Waals surface area contributed by atoms with Gasteiger partial charge in [0.1, 0.15) is 11.2 Å². The third-order valence-corrected chi connectivity index (χ3v) is 8.11. The predicted molar refractivity (Wildman–Crippen MR) is 194 cm³/mol. The molecule has 0 bridgehead atoms. The van der Waals surface area contributed by atoms with Crippen LogP contribution >= 0.6 is 0 Å². The summed E-state index contributed by atoms with van der Waals surface area (Å²) in [4.78, 5) is 25.1. The van der Waals surface area contributed by atoms with Crippen LogP contribution in [0.1, 0.15) is 96.0 Å². The molecule has 0 aliphatic heterocycles. The average molecular weight is 679 g/mol. The van der Waals surface area contributed by atoms with Crippen LogP contribution in [0.25, 0.3) is 12.2 Å².